The quantitative estimate of drug-likeness (QED) is 0.311. The van der Waals surface area contributed by atoms with Crippen molar-refractivity contribution < 1.29 is 19.0 Å². The second kappa shape index (κ2) is 10.9. The van der Waals surface area contributed by atoms with Crippen LogP contribution in [0.15, 0.2) is 84.3 Å². The fourth-order valence-electron chi connectivity index (χ4n) is 4.38. The highest BCUT2D eigenvalue weighted by molar-refractivity contribution is 6.31. The van der Waals surface area contributed by atoms with Crippen LogP contribution >= 0.6 is 11.6 Å². The van der Waals surface area contributed by atoms with E-state index in [1.54, 1.807) is 31.0 Å². The predicted octanol–water partition coefficient (Wildman–Crippen LogP) is 5.46. The molecular formula is C28H26ClN5O4. The highest BCUT2D eigenvalue weighted by atomic mass is 35.5. The van der Waals surface area contributed by atoms with Crippen LogP contribution in [0, 0.1) is 0 Å². The SMILES string of the molecule is COc1ccccc1NC(=O)C1=C(C)Nc2ncnn2[C@H]1c1ccc(OCc2ccccc2Cl)c(OC)c1. The second-order valence-electron chi connectivity index (χ2n) is 8.54. The summed E-state index contributed by atoms with van der Waals surface area (Å²) in [5.74, 6) is 1.84. The number of hydrogen-bond donors (Lipinski definition) is 2. The van der Waals surface area contributed by atoms with Crippen molar-refractivity contribution in [3.63, 3.8) is 0 Å². The number of carbonyl (C=O) groups excluding carboxylic acids is 1. The Labute approximate surface area is 225 Å². The van der Waals surface area contributed by atoms with Crippen LogP contribution in [0.25, 0.3) is 0 Å². The fraction of sp³-hybridized carbons (Fsp3) is 0.179. The first-order valence-corrected chi connectivity index (χ1v) is 12.2. The van der Waals surface area contributed by atoms with E-state index in [2.05, 4.69) is 20.7 Å². The zero-order valence-corrected chi connectivity index (χ0v) is 21.8. The molecule has 1 aromatic heterocycles. The lowest BCUT2D eigenvalue weighted by molar-refractivity contribution is -0.113. The molecule has 9 nitrogen and oxygen atoms in total. The van der Waals surface area contributed by atoms with E-state index in [4.69, 9.17) is 25.8 Å². The number of allylic oxidation sites excluding steroid dienone is 1. The average molecular weight is 532 g/mol. The molecule has 0 saturated carbocycles. The normalized spacial score (nSPS) is 14.4. The molecule has 0 bridgehead atoms. The lowest BCUT2D eigenvalue weighted by Gasteiger charge is -2.29. The van der Waals surface area contributed by atoms with Gasteiger partial charge in [-0.15, -0.1) is 0 Å². The zero-order valence-electron chi connectivity index (χ0n) is 21.1. The van der Waals surface area contributed by atoms with E-state index in [0.717, 1.165) is 11.1 Å². The van der Waals surface area contributed by atoms with Crippen LogP contribution in [0.2, 0.25) is 5.02 Å². The number of methoxy groups -OCH3 is 2. The minimum absolute atomic E-state index is 0.279. The predicted molar refractivity (Wildman–Crippen MR) is 145 cm³/mol. The van der Waals surface area contributed by atoms with Gasteiger partial charge in [0.25, 0.3) is 5.91 Å². The molecule has 2 N–H and O–H groups in total. The largest absolute Gasteiger partial charge is 0.495 e. The minimum Gasteiger partial charge on any atom is -0.495 e. The standard InChI is InChI=1S/C28H26ClN5O4/c1-17-25(27(35)33-21-10-6-7-11-22(21)36-2)26(34-28(32-17)30-16-31-34)18-12-13-23(24(14-18)37-3)38-15-19-8-4-5-9-20(19)29/h4-14,16,26H,15H2,1-3H3,(H,33,35)(H,30,31,32)/t26-/m0/s1. The zero-order chi connectivity index (χ0) is 26.6. The number of amides is 1. The van der Waals surface area contributed by atoms with Crippen molar-refractivity contribution >= 4 is 29.1 Å². The maximum Gasteiger partial charge on any atom is 0.255 e. The monoisotopic (exact) mass is 531 g/mol. The van der Waals surface area contributed by atoms with Crippen LogP contribution in [0.1, 0.15) is 24.1 Å². The number of ether oxygens (including phenoxy) is 3. The highest BCUT2D eigenvalue weighted by Gasteiger charge is 2.34. The Bertz CT molecular complexity index is 1520. The van der Waals surface area contributed by atoms with E-state index >= 15 is 0 Å². The van der Waals surface area contributed by atoms with Gasteiger partial charge in [0.05, 0.1) is 25.5 Å². The van der Waals surface area contributed by atoms with Gasteiger partial charge in [0, 0.05) is 16.3 Å². The Morgan fingerprint density at radius 1 is 1.03 bits per heavy atom. The average Bonchev–Trinajstić information content (AvgIpc) is 3.40. The summed E-state index contributed by atoms with van der Waals surface area (Å²) < 4.78 is 18.8. The Morgan fingerprint density at radius 3 is 2.58 bits per heavy atom. The molecule has 0 unspecified atom stereocenters. The lowest BCUT2D eigenvalue weighted by Crippen LogP contribution is -2.31. The van der Waals surface area contributed by atoms with Gasteiger partial charge in [-0.1, -0.05) is 48.0 Å². The number of rotatable bonds is 8. The van der Waals surface area contributed by atoms with Gasteiger partial charge < -0.3 is 24.8 Å². The summed E-state index contributed by atoms with van der Waals surface area (Å²) in [6.07, 6.45) is 1.45. The molecule has 2 heterocycles. The molecule has 0 fully saturated rings. The molecule has 1 amide bonds. The maximum atomic E-state index is 13.7. The van der Waals surface area contributed by atoms with Crippen LogP contribution < -0.4 is 24.8 Å². The van der Waals surface area contributed by atoms with Gasteiger partial charge in [-0.2, -0.15) is 10.1 Å². The number of fused-ring (bicyclic) bond motifs is 1. The molecule has 0 spiro atoms. The van der Waals surface area contributed by atoms with Crippen LogP contribution in [-0.2, 0) is 11.4 Å². The van der Waals surface area contributed by atoms with E-state index in [1.165, 1.54) is 6.33 Å². The topological polar surface area (TPSA) is 99.5 Å². The van der Waals surface area contributed by atoms with Gasteiger partial charge in [-0.3, -0.25) is 4.79 Å². The molecule has 0 radical (unpaired) electrons. The van der Waals surface area contributed by atoms with Crippen molar-refractivity contribution in [3.05, 3.63) is 100 Å². The van der Waals surface area contributed by atoms with Gasteiger partial charge in [-0.05, 0) is 42.8 Å². The van der Waals surface area contributed by atoms with E-state index in [0.29, 0.717) is 45.2 Å². The summed E-state index contributed by atoms with van der Waals surface area (Å²) in [7, 11) is 3.13. The van der Waals surface area contributed by atoms with Gasteiger partial charge >= 0.3 is 0 Å². The molecule has 0 aliphatic carbocycles. The number of carbonyl (C=O) groups is 1. The molecule has 10 heteroatoms. The van der Waals surface area contributed by atoms with Gasteiger partial charge in [-0.25, -0.2) is 4.68 Å². The van der Waals surface area contributed by atoms with Crippen LogP contribution in [0.4, 0.5) is 11.6 Å². The van der Waals surface area contributed by atoms with E-state index in [9.17, 15) is 4.79 Å². The molecule has 38 heavy (non-hydrogen) atoms. The van der Waals surface area contributed by atoms with E-state index in [-0.39, 0.29) is 12.5 Å². The van der Waals surface area contributed by atoms with Crippen molar-refractivity contribution in [2.24, 2.45) is 0 Å². The first kappa shape index (κ1) is 25.2. The highest BCUT2D eigenvalue weighted by Crippen LogP contribution is 2.39. The van der Waals surface area contributed by atoms with Crippen molar-refractivity contribution in [1.82, 2.24) is 14.8 Å². The number of halogens is 1. The summed E-state index contributed by atoms with van der Waals surface area (Å²) in [4.78, 5) is 18.0. The van der Waals surface area contributed by atoms with Gasteiger partial charge in [0.1, 0.15) is 24.7 Å². The molecule has 1 aliphatic heterocycles. The number of nitrogens with zero attached hydrogens (tertiary/aromatic N) is 3. The van der Waals surface area contributed by atoms with Crippen LogP contribution in [0.5, 0.6) is 17.2 Å². The molecule has 1 aliphatic rings. The number of nitrogens with one attached hydrogen (secondary N) is 2. The number of aromatic nitrogens is 3. The lowest BCUT2D eigenvalue weighted by atomic mass is 9.94. The number of anilines is 2. The second-order valence-corrected chi connectivity index (χ2v) is 8.95. The Morgan fingerprint density at radius 2 is 1.79 bits per heavy atom. The third kappa shape index (κ3) is 4.88. The van der Waals surface area contributed by atoms with Crippen molar-refractivity contribution in [3.8, 4) is 17.2 Å². The Balaban J connectivity index is 1.49. The van der Waals surface area contributed by atoms with Crippen LogP contribution in [-0.4, -0.2) is 34.9 Å². The summed E-state index contributed by atoms with van der Waals surface area (Å²) in [5.41, 5.74) is 3.32. The molecule has 0 saturated heterocycles. The van der Waals surface area contributed by atoms with Crippen LogP contribution in [0.3, 0.4) is 0 Å². The summed E-state index contributed by atoms with van der Waals surface area (Å²) >= 11 is 6.28. The first-order valence-electron chi connectivity index (χ1n) is 11.9. The Kier molecular flexibility index (Phi) is 7.19. The van der Waals surface area contributed by atoms with Gasteiger partial charge in [0.2, 0.25) is 5.95 Å². The molecule has 1 atom stereocenters. The molecule has 3 aromatic carbocycles. The molecule has 194 valence electrons. The summed E-state index contributed by atoms with van der Waals surface area (Å²) in [5, 5.41) is 11.2. The van der Waals surface area contributed by atoms with Crippen molar-refractivity contribution in [2.45, 2.75) is 19.6 Å². The molecular weight excluding hydrogens is 506 g/mol. The summed E-state index contributed by atoms with van der Waals surface area (Å²) in [6.45, 7) is 2.11. The van der Waals surface area contributed by atoms with E-state index in [1.807, 2.05) is 61.5 Å². The minimum atomic E-state index is -0.574. The third-order valence-corrected chi connectivity index (χ3v) is 6.61. The van der Waals surface area contributed by atoms with Crippen molar-refractivity contribution in [1.29, 1.82) is 0 Å². The molecule has 5 rings (SSSR count). The van der Waals surface area contributed by atoms with E-state index < -0.39 is 6.04 Å². The number of benzene rings is 3. The number of hydrogen-bond acceptors (Lipinski definition) is 7. The fourth-order valence-corrected chi connectivity index (χ4v) is 4.57. The molecule has 4 aromatic rings. The van der Waals surface area contributed by atoms with Crippen molar-refractivity contribution in [2.75, 3.05) is 24.9 Å². The smallest absolute Gasteiger partial charge is 0.255 e. The van der Waals surface area contributed by atoms with Gasteiger partial charge in [0.15, 0.2) is 11.5 Å². The number of para-hydroxylation sites is 2. The maximum absolute atomic E-state index is 13.7. The Hall–Kier alpha value is -4.50. The third-order valence-electron chi connectivity index (χ3n) is 6.24. The first-order chi connectivity index (χ1) is 18.5. The summed E-state index contributed by atoms with van der Waals surface area (Å²) in [6, 6.07) is 19.7.